The van der Waals surface area contributed by atoms with Gasteiger partial charge in [-0.15, -0.1) is 0 Å². The van der Waals surface area contributed by atoms with Gasteiger partial charge in [0.25, 0.3) is 5.56 Å². The summed E-state index contributed by atoms with van der Waals surface area (Å²) in [5, 5.41) is 0.661. The normalized spacial score (nSPS) is 16.6. The molecule has 4 aromatic rings. The predicted octanol–water partition coefficient (Wildman–Crippen LogP) is 4.99. The van der Waals surface area contributed by atoms with Crippen LogP contribution < -0.4 is 24.4 Å². The quantitative estimate of drug-likeness (QED) is 0.385. The molecule has 0 bridgehead atoms. The van der Waals surface area contributed by atoms with Crippen molar-refractivity contribution < 1.29 is 9.47 Å². The second kappa shape index (κ2) is 9.12. The lowest BCUT2D eigenvalue weighted by Gasteiger charge is -2.31. The maximum absolute atomic E-state index is 13.8. The third-order valence-corrected chi connectivity index (χ3v) is 8.00. The average molecular weight is 515 g/mol. The van der Waals surface area contributed by atoms with E-state index >= 15 is 0 Å². The molecular weight excluding hydrogens is 492 g/mol. The third kappa shape index (κ3) is 3.77. The molecule has 3 aromatic carbocycles. The van der Waals surface area contributed by atoms with Gasteiger partial charge in [0.05, 0.1) is 30.5 Å². The van der Waals surface area contributed by atoms with Crippen LogP contribution in [0.1, 0.15) is 34.7 Å². The summed E-state index contributed by atoms with van der Waals surface area (Å²) in [6, 6.07) is 21.5. The van der Waals surface area contributed by atoms with E-state index in [0.717, 1.165) is 40.8 Å². The number of nitrogens with zero attached hydrogens (tertiary/aromatic N) is 2. The van der Waals surface area contributed by atoms with Crippen molar-refractivity contribution in [3.63, 3.8) is 0 Å². The molecule has 0 amide bonds. The van der Waals surface area contributed by atoms with E-state index in [1.54, 1.807) is 14.2 Å². The lowest BCUT2D eigenvalue weighted by molar-refractivity contribution is 0.354. The molecule has 0 saturated heterocycles. The Balaban J connectivity index is 1.62. The Kier molecular flexibility index (Phi) is 5.78. The molecule has 1 aliphatic heterocycles. The number of thiazole rings is 1. The van der Waals surface area contributed by atoms with Crippen molar-refractivity contribution in [2.24, 2.45) is 4.99 Å². The number of hydrogen-bond acceptors (Lipinski definition) is 5. The van der Waals surface area contributed by atoms with Gasteiger partial charge in [0.2, 0.25) is 0 Å². The summed E-state index contributed by atoms with van der Waals surface area (Å²) in [4.78, 5) is 19.6. The van der Waals surface area contributed by atoms with Crippen LogP contribution in [0.3, 0.4) is 0 Å². The van der Waals surface area contributed by atoms with E-state index in [1.165, 1.54) is 16.9 Å². The number of fused-ring (bicyclic) bond motifs is 3. The first-order valence-electron chi connectivity index (χ1n) is 11.7. The van der Waals surface area contributed by atoms with Crippen molar-refractivity contribution in [3.8, 4) is 11.5 Å². The molecule has 1 aromatic heterocycles. The van der Waals surface area contributed by atoms with Crippen LogP contribution in [0.15, 0.2) is 82.1 Å². The second-order valence-corrected chi connectivity index (χ2v) is 10.2. The van der Waals surface area contributed by atoms with Gasteiger partial charge in [-0.05, 0) is 65.4 Å². The van der Waals surface area contributed by atoms with Gasteiger partial charge in [-0.2, -0.15) is 0 Å². The first-order valence-corrected chi connectivity index (χ1v) is 12.9. The van der Waals surface area contributed by atoms with E-state index in [9.17, 15) is 4.79 Å². The van der Waals surface area contributed by atoms with Crippen LogP contribution in [0, 0.1) is 0 Å². The first-order chi connectivity index (χ1) is 17.6. The van der Waals surface area contributed by atoms with E-state index in [2.05, 4.69) is 18.2 Å². The van der Waals surface area contributed by atoms with Crippen molar-refractivity contribution in [1.29, 1.82) is 0 Å². The average Bonchev–Trinajstić information content (AvgIpc) is 3.22. The van der Waals surface area contributed by atoms with Crippen molar-refractivity contribution in [3.05, 3.63) is 119 Å². The molecule has 0 unspecified atom stereocenters. The summed E-state index contributed by atoms with van der Waals surface area (Å²) >= 11 is 7.47. The van der Waals surface area contributed by atoms with Gasteiger partial charge in [-0.1, -0.05) is 65.4 Å². The lowest BCUT2D eigenvalue weighted by atomic mass is 9.83. The summed E-state index contributed by atoms with van der Waals surface area (Å²) < 4.78 is 13.5. The zero-order valence-electron chi connectivity index (χ0n) is 19.8. The van der Waals surface area contributed by atoms with E-state index in [0.29, 0.717) is 25.9 Å². The minimum Gasteiger partial charge on any atom is -0.493 e. The largest absolute Gasteiger partial charge is 0.493 e. The highest BCUT2D eigenvalue weighted by molar-refractivity contribution is 7.07. The Labute approximate surface area is 217 Å². The highest BCUT2D eigenvalue weighted by Gasteiger charge is 2.33. The maximum Gasteiger partial charge on any atom is 0.271 e. The Bertz CT molecular complexity index is 1700. The smallest absolute Gasteiger partial charge is 0.271 e. The molecular formula is C29H23ClN2O3S. The zero-order valence-corrected chi connectivity index (χ0v) is 21.4. The fraction of sp³-hybridized carbons (Fsp3) is 0.172. The fourth-order valence-corrected chi connectivity index (χ4v) is 6.18. The molecule has 5 nitrogen and oxygen atoms in total. The summed E-state index contributed by atoms with van der Waals surface area (Å²) in [5.41, 5.74) is 6.36. The topological polar surface area (TPSA) is 52.8 Å². The van der Waals surface area contributed by atoms with Crippen LogP contribution in [-0.4, -0.2) is 18.8 Å². The van der Waals surface area contributed by atoms with E-state index in [4.69, 9.17) is 26.1 Å². The number of benzene rings is 3. The highest BCUT2D eigenvalue weighted by Crippen LogP contribution is 2.42. The Morgan fingerprint density at radius 2 is 1.78 bits per heavy atom. The molecule has 2 heterocycles. The monoisotopic (exact) mass is 514 g/mol. The lowest BCUT2D eigenvalue weighted by Crippen LogP contribution is -2.38. The first kappa shape index (κ1) is 22.8. The van der Waals surface area contributed by atoms with Crippen LogP contribution in [0.2, 0.25) is 5.02 Å². The van der Waals surface area contributed by atoms with Gasteiger partial charge in [-0.25, -0.2) is 4.99 Å². The Hall–Kier alpha value is -3.61. The summed E-state index contributed by atoms with van der Waals surface area (Å²) in [6.07, 6.45) is 3.64. The van der Waals surface area contributed by atoms with Gasteiger partial charge >= 0.3 is 0 Å². The van der Waals surface area contributed by atoms with Crippen LogP contribution in [0.5, 0.6) is 11.5 Å². The SMILES string of the molecule is COc1ccc([C@@H]2C3=C(N=c4s/c(=C/c5ccc(Cl)cc5)c(=O)n42)c2ccccc2CC3)cc1OC. The predicted molar refractivity (Wildman–Crippen MR) is 144 cm³/mol. The molecule has 2 aliphatic rings. The third-order valence-electron chi connectivity index (χ3n) is 6.76. The maximum atomic E-state index is 13.8. The van der Waals surface area contributed by atoms with Gasteiger partial charge < -0.3 is 9.47 Å². The van der Waals surface area contributed by atoms with Crippen molar-refractivity contribution >= 4 is 34.7 Å². The summed E-state index contributed by atoms with van der Waals surface area (Å²) in [5.74, 6) is 1.29. The van der Waals surface area contributed by atoms with E-state index < -0.39 is 0 Å². The number of allylic oxidation sites excluding steroid dienone is 1. The molecule has 1 aliphatic carbocycles. The molecule has 1 atom stereocenters. The van der Waals surface area contributed by atoms with Crippen molar-refractivity contribution in [2.75, 3.05) is 14.2 Å². The van der Waals surface area contributed by atoms with Crippen LogP contribution in [0.4, 0.5) is 0 Å². The molecule has 36 heavy (non-hydrogen) atoms. The minimum atomic E-state index is -0.281. The van der Waals surface area contributed by atoms with Crippen LogP contribution in [-0.2, 0) is 6.42 Å². The number of aromatic nitrogens is 1. The van der Waals surface area contributed by atoms with Gasteiger partial charge in [0.15, 0.2) is 16.3 Å². The van der Waals surface area contributed by atoms with Gasteiger partial charge in [0.1, 0.15) is 0 Å². The minimum absolute atomic E-state index is 0.0566. The van der Waals surface area contributed by atoms with Gasteiger partial charge in [0, 0.05) is 10.6 Å². The zero-order chi connectivity index (χ0) is 24.8. The second-order valence-electron chi connectivity index (χ2n) is 8.78. The van der Waals surface area contributed by atoms with E-state index in [-0.39, 0.29) is 11.6 Å². The number of methoxy groups -OCH3 is 2. The molecule has 0 radical (unpaired) electrons. The van der Waals surface area contributed by atoms with Crippen LogP contribution in [0.25, 0.3) is 11.8 Å². The van der Waals surface area contributed by atoms with Crippen LogP contribution >= 0.6 is 22.9 Å². The number of halogens is 1. The molecule has 0 spiro atoms. The molecule has 0 N–H and O–H groups in total. The van der Waals surface area contributed by atoms with Crippen molar-refractivity contribution in [2.45, 2.75) is 18.9 Å². The standard InChI is InChI=1S/C29H23ClN2O3S/c1-34-23-14-10-19(16-24(23)35-2)27-22-13-9-18-5-3-4-6-21(18)26(22)31-29-32(27)28(33)25(36-29)15-17-7-11-20(30)12-8-17/h3-8,10-12,14-16,27H,9,13H2,1-2H3/b25-15+/t27-/m1/s1. The molecule has 6 rings (SSSR count). The number of rotatable bonds is 4. The molecule has 7 heteroatoms. The van der Waals surface area contributed by atoms with E-state index in [1.807, 2.05) is 59.2 Å². The summed E-state index contributed by atoms with van der Waals surface area (Å²) in [6.45, 7) is 0. The van der Waals surface area contributed by atoms with Crippen molar-refractivity contribution in [1.82, 2.24) is 4.57 Å². The number of hydrogen-bond donors (Lipinski definition) is 0. The highest BCUT2D eigenvalue weighted by atomic mass is 35.5. The molecule has 0 fully saturated rings. The molecule has 180 valence electrons. The number of aryl methyl sites for hydroxylation is 1. The Morgan fingerprint density at radius 1 is 1.00 bits per heavy atom. The fourth-order valence-electron chi connectivity index (χ4n) is 5.06. The Morgan fingerprint density at radius 3 is 2.56 bits per heavy atom. The number of ether oxygens (including phenoxy) is 2. The van der Waals surface area contributed by atoms with Gasteiger partial charge in [-0.3, -0.25) is 9.36 Å². The molecule has 0 saturated carbocycles. The summed E-state index contributed by atoms with van der Waals surface area (Å²) in [7, 11) is 3.25.